The molecular weight excluding hydrogens is 328 g/mol. The summed E-state index contributed by atoms with van der Waals surface area (Å²) in [6, 6.07) is 7.57. The molecular formula is C18H25ClN2O3. The van der Waals surface area contributed by atoms with Gasteiger partial charge in [0.15, 0.2) is 0 Å². The largest absolute Gasteiger partial charge is 0.375 e. The molecule has 1 heterocycles. The molecule has 3 unspecified atom stereocenters. The highest BCUT2D eigenvalue weighted by atomic mass is 35.5. The van der Waals surface area contributed by atoms with Gasteiger partial charge in [-0.05, 0) is 50.3 Å². The van der Waals surface area contributed by atoms with E-state index in [9.17, 15) is 4.79 Å². The standard InChI is InChI=1S/C18H25ClN2O3/c1-2-23-16-12-15(18(16)8-4-10-24-18)21-17(22)20-9-7-13-5-3-6-14(19)11-13/h3,5-6,11,15-16H,2,4,7-10,12H2,1H3,(H2,20,21,22). The van der Waals surface area contributed by atoms with Gasteiger partial charge in [-0.25, -0.2) is 4.79 Å². The molecule has 1 spiro atoms. The summed E-state index contributed by atoms with van der Waals surface area (Å²) in [5.41, 5.74) is 0.791. The third-order valence-electron chi connectivity index (χ3n) is 4.93. The summed E-state index contributed by atoms with van der Waals surface area (Å²) in [4.78, 5) is 12.2. The predicted molar refractivity (Wildman–Crippen MR) is 93.4 cm³/mol. The van der Waals surface area contributed by atoms with Crippen LogP contribution in [0.4, 0.5) is 4.79 Å². The number of halogens is 1. The second-order valence-electron chi connectivity index (χ2n) is 6.42. The minimum atomic E-state index is -0.319. The summed E-state index contributed by atoms with van der Waals surface area (Å²) in [6.07, 6.45) is 3.64. The van der Waals surface area contributed by atoms with Crippen LogP contribution < -0.4 is 10.6 Å². The van der Waals surface area contributed by atoms with Gasteiger partial charge < -0.3 is 20.1 Å². The molecule has 3 rings (SSSR count). The number of carbonyl (C=O) groups excluding carboxylic acids is 1. The Morgan fingerprint density at radius 3 is 3.08 bits per heavy atom. The molecule has 2 amide bonds. The van der Waals surface area contributed by atoms with E-state index in [2.05, 4.69) is 10.6 Å². The van der Waals surface area contributed by atoms with E-state index in [1.807, 2.05) is 31.2 Å². The van der Waals surface area contributed by atoms with Crippen molar-refractivity contribution in [3.63, 3.8) is 0 Å². The highest BCUT2D eigenvalue weighted by Crippen LogP contribution is 2.45. The van der Waals surface area contributed by atoms with Crippen molar-refractivity contribution in [1.82, 2.24) is 10.6 Å². The van der Waals surface area contributed by atoms with Crippen LogP contribution in [0.1, 0.15) is 31.7 Å². The number of ether oxygens (including phenoxy) is 2. The fraction of sp³-hybridized carbons (Fsp3) is 0.611. The van der Waals surface area contributed by atoms with Gasteiger partial charge in [-0.3, -0.25) is 0 Å². The van der Waals surface area contributed by atoms with Crippen LogP contribution in [-0.4, -0.2) is 43.5 Å². The minimum Gasteiger partial charge on any atom is -0.375 e. The first-order valence-electron chi connectivity index (χ1n) is 8.68. The van der Waals surface area contributed by atoms with Crippen LogP contribution in [0.25, 0.3) is 0 Å². The van der Waals surface area contributed by atoms with Crippen molar-refractivity contribution in [2.45, 2.75) is 50.4 Å². The van der Waals surface area contributed by atoms with Gasteiger partial charge in [-0.15, -0.1) is 0 Å². The Balaban J connectivity index is 1.45. The zero-order chi connectivity index (χ0) is 17.0. The number of amides is 2. The minimum absolute atomic E-state index is 0.0303. The van der Waals surface area contributed by atoms with Gasteiger partial charge in [0, 0.05) is 24.8 Å². The van der Waals surface area contributed by atoms with Gasteiger partial charge in [0.1, 0.15) is 5.60 Å². The second kappa shape index (κ2) is 7.72. The molecule has 0 radical (unpaired) electrons. The van der Waals surface area contributed by atoms with E-state index in [1.54, 1.807) is 0 Å². The normalized spacial score (nSPS) is 28.6. The summed E-state index contributed by atoms with van der Waals surface area (Å²) in [5, 5.41) is 6.68. The van der Waals surface area contributed by atoms with Crippen LogP contribution in [0.15, 0.2) is 24.3 Å². The Kier molecular flexibility index (Phi) is 5.64. The highest BCUT2D eigenvalue weighted by Gasteiger charge is 2.59. The number of nitrogens with one attached hydrogen (secondary N) is 2. The summed E-state index contributed by atoms with van der Waals surface area (Å²) >= 11 is 5.96. The van der Waals surface area contributed by atoms with Crippen LogP contribution in [-0.2, 0) is 15.9 Å². The zero-order valence-electron chi connectivity index (χ0n) is 14.0. The maximum atomic E-state index is 12.2. The Morgan fingerprint density at radius 1 is 1.50 bits per heavy atom. The second-order valence-corrected chi connectivity index (χ2v) is 6.86. The number of hydrogen-bond acceptors (Lipinski definition) is 3. The van der Waals surface area contributed by atoms with Crippen LogP contribution in [0.3, 0.4) is 0 Å². The molecule has 3 atom stereocenters. The average molecular weight is 353 g/mol. The third kappa shape index (κ3) is 3.68. The lowest BCUT2D eigenvalue weighted by Gasteiger charge is -2.52. The first-order valence-corrected chi connectivity index (χ1v) is 9.06. The summed E-state index contributed by atoms with van der Waals surface area (Å²) in [7, 11) is 0. The average Bonchev–Trinajstić information content (AvgIpc) is 3.07. The first kappa shape index (κ1) is 17.5. The quantitative estimate of drug-likeness (QED) is 0.827. The Hall–Kier alpha value is -1.30. The molecule has 24 heavy (non-hydrogen) atoms. The van der Waals surface area contributed by atoms with E-state index in [0.717, 1.165) is 37.9 Å². The van der Waals surface area contributed by atoms with Gasteiger partial charge in [-0.1, -0.05) is 23.7 Å². The number of hydrogen-bond donors (Lipinski definition) is 2. The molecule has 2 aliphatic rings. The molecule has 1 aromatic carbocycles. The number of urea groups is 1. The zero-order valence-corrected chi connectivity index (χ0v) is 14.8. The summed E-state index contributed by atoms with van der Waals surface area (Å²) in [5.74, 6) is 0. The van der Waals surface area contributed by atoms with Crippen LogP contribution >= 0.6 is 11.6 Å². The predicted octanol–water partition coefficient (Wildman–Crippen LogP) is 2.91. The van der Waals surface area contributed by atoms with Gasteiger partial charge in [0.2, 0.25) is 0 Å². The van der Waals surface area contributed by atoms with E-state index < -0.39 is 0 Å². The fourth-order valence-electron chi connectivity index (χ4n) is 3.70. The van der Waals surface area contributed by atoms with E-state index >= 15 is 0 Å². The van der Waals surface area contributed by atoms with Gasteiger partial charge in [0.25, 0.3) is 0 Å². The van der Waals surface area contributed by atoms with Crippen molar-refractivity contribution in [3.8, 4) is 0 Å². The topological polar surface area (TPSA) is 59.6 Å². The molecule has 2 N–H and O–H groups in total. The molecule has 5 nitrogen and oxygen atoms in total. The van der Waals surface area contributed by atoms with Gasteiger partial charge in [-0.2, -0.15) is 0 Å². The van der Waals surface area contributed by atoms with Gasteiger partial charge >= 0.3 is 6.03 Å². The van der Waals surface area contributed by atoms with Crippen molar-refractivity contribution in [3.05, 3.63) is 34.9 Å². The lowest BCUT2D eigenvalue weighted by Crippen LogP contribution is -2.70. The lowest BCUT2D eigenvalue weighted by atomic mass is 9.70. The molecule has 1 saturated heterocycles. The maximum absolute atomic E-state index is 12.2. The maximum Gasteiger partial charge on any atom is 0.315 e. The first-order chi connectivity index (χ1) is 11.6. The van der Waals surface area contributed by atoms with Crippen LogP contribution in [0.2, 0.25) is 5.02 Å². The van der Waals surface area contributed by atoms with E-state index in [-0.39, 0.29) is 23.8 Å². The SMILES string of the molecule is CCOC1CC(NC(=O)NCCc2cccc(Cl)c2)C12CCCO2. The summed E-state index contributed by atoms with van der Waals surface area (Å²) in [6.45, 7) is 3.99. The third-order valence-corrected chi connectivity index (χ3v) is 5.16. The van der Waals surface area contributed by atoms with Crippen molar-refractivity contribution in [2.75, 3.05) is 19.8 Å². The Labute approximate surface area is 148 Å². The van der Waals surface area contributed by atoms with E-state index in [4.69, 9.17) is 21.1 Å². The molecule has 0 aromatic heterocycles. The van der Waals surface area contributed by atoms with Crippen molar-refractivity contribution >= 4 is 17.6 Å². The summed E-state index contributed by atoms with van der Waals surface area (Å²) < 4.78 is 11.7. The molecule has 0 bridgehead atoms. The Morgan fingerprint density at radius 2 is 2.38 bits per heavy atom. The molecule has 2 fully saturated rings. The number of benzene rings is 1. The van der Waals surface area contributed by atoms with E-state index in [1.165, 1.54) is 0 Å². The monoisotopic (exact) mass is 352 g/mol. The number of rotatable bonds is 6. The van der Waals surface area contributed by atoms with Crippen molar-refractivity contribution in [2.24, 2.45) is 0 Å². The molecule has 6 heteroatoms. The van der Waals surface area contributed by atoms with Crippen molar-refractivity contribution in [1.29, 1.82) is 0 Å². The number of carbonyl (C=O) groups is 1. The fourth-order valence-corrected chi connectivity index (χ4v) is 3.91. The molecule has 132 valence electrons. The van der Waals surface area contributed by atoms with E-state index in [0.29, 0.717) is 18.2 Å². The lowest BCUT2D eigenvalue weighted by molar-refractivity contribution is -0.194. The van der Waals surface area contributed by atoms with Crippen molar-refractivity contribution < 1.29 is 14.3 Å². The molecule has 1 aliphatic carbocycles. The van der Waals surface area contributed by atoms with Gasteiger partial charge in [0.05, 0.1) is 12.1 Å². The molecule has 1 aliphatic heterocycles. The molecule has 1 saturated carbocycles. The van der Waals surface area contributed by atoms with Crippen LogP contribution in [0.5, 0.6) is 0 Å². The highest BCUT2D eigenvalue weighted by molar-refractivity contribution is 6.30. The Bertz CT molecular complexity index is 575. The van der Waals surface area contributed by atoms with Crippen LogP contribution in [0, 0.1) is 0 Å². The smallest absolute Gasteiger partial charge is 0.315 e. The molecule has 1 aromatic rings.